The highest BCUT2D eigenvalue weighted by Crippen LogP contribution is 2.50. The lowest BCUT2D eigenvalue weighted by Crippen LogP contribution is -2.14. The van der Waals surface area contributed by atoms with E-state index in [0.717, 1.165) is 28.7 Å². The predicted molar refractivity (Wildman–Crippen MR) is 170 cm³/mol. The van der Waals surface area contributed by atoms with Crippen molar-refractivity contribution in [3.8, 4) is 28.0 Å². The van der Waals surface area contributed by atoms with Crippen LogP contribution in [0.2, 0.25) is 0 Å². The maximum absolute atomic E-state index is 11.1. The molecule has 0 unspecified atom stereocenters. The van der Waals surface area contributed by atoms with E-state index in [1.165, 1.54) is 44.5 Å². The van der Waals surface area contributed by atoms with Gasteiger partial charge in [-0.15, -0.1) is 0 Å². The third-order valence-electron chi connectivity index (χ3n) is 7.86. The molecule has 0 spiro atoms. The van der Waals surface area contributed by atoms with Crippen molar-refractivity contribution in [2.45, 2.75) is 40.0 Å². The summed E-state index contributed by atoms with van der Waals surface area (Å²) in [5, 5.41) is 0. The Labute approximate surface area is 239 Å². The molecule has 0 bridgehead atoms. The highest BCUT2D eigenvalue weighted by molar-refractivity contribution is 5.92. The van der Waals surface area contributed by atoms with E-state index in [4.69, 9.17) is 4.74 Å². The number of fused-ring (bicyclic) bond motifs is 1. The molecule has 0 aromatic heterocycles. The van der Waals surface area contributed by atoms with Gasteiger partial charge in [0.1, 0.15) is 5.75 Å². The van der Waals surface area contributed by atoms with Crippen molar-refractivity contribution in [2.75, 3.05) is 7.11 Å². The third-order valence-corrected chi connectivity index (χ3v) is 7.86. The minimum Gasteiger partial charge on any atom is -0.496 e. The minimum atomic E-state index is -0.0286. The molecule has 4 aromatic carbocycles. The maximum Gasteiger partial charge on any atom is 0.150 e. The van der Waals surface area contributed by atoms with Gasteiger partial charge in [-0.3, -0.25) is 4.79 Å². The van der Waals surface area contributed by atoms with Crippen LogP contribution in [0.3, 0.4) is 0 Å². The number of allylic oxidation sites excluding steroid dienone is 4. The molecule has 2 nitrogen and oxygen atoms in total. The van der Waals surface area contributed by atoms with Crippen molar-refractivity contribution < 1.29 is 9.53 Å². The zero-order valence-electron chi connectivity index (χ0n) is 24.5. The van der Waals surface area contributed by atoms with Crippen LogP contribution in [0.1, 0.15) is 52.0 Å². The van der Waals surface area contributed by atoms with E-state index in [9.17, 15) is 4.79 Å². The molecule has 0 aliphatic heterocycles. The first-order valence-corrected chi connectivity index (χ1v) is 13.6. The Morgan fingerprint density at radius 3 is 2.08 bits per heavy atom. The Bertz CT molecular complexity index is 1630. The summed E-state index contributed by atoms with van der Waals surface area (Å²) in [6.07, 6.45) is 4.83. The van der Waals surface area contributed by atoms with Gasteiger partial charge in [0, 0.05) is 16.5 Å². The van der Waals surface area contributed by atoms with Crippen molar-refractivity contribution >= 4 is 11.9 Å². The van der Waals surface area contributed by atoms with Crippen molar-refractivity contribution in [1.29, 1.82) is 0 Å². The van der Waals surface area contributed by atoms with E-state index in [-0.39, 0.29) is 5.41 Å². The summed E-state index contributed by atoms with van der Waals surface area (Å²) in [5.74, 6) is 0.777. The number of aldehydes is 1. The number of benzene rings is 4. The number of aryl methyl sites for hydroxylation is 3. The zero-order valence-corrected chi connectivity index (χ0v) is 24.5. The second-order valence-corrected chi connectivity index (χ2v) is 10.9. The van der Waals surface area contributed by atoms with Crippen molar-refractivity contribution in [3.05, 3.63) is 143 Å². The van der Waals surface area contributed by atoms with Gasteiger partial charge in [-0.1, -0.05) is 105 Å². The van der Waals surface area contributed by atoms with Crippen molar-refractivity contribution in [2.24, 2.45) is 0 Å². The first-order valence-electron chi connectivity index (χ1n) is 13.6. The first kappa shape index (κ1) is 28.6. The Hall–Kier alpha value is -4.43. The molecule has 0 atom stereocenters. The van der Waals surface area contributed by atoms with Gasteiger partial charge in [-0.05, 0) is 89.1 Å². The Balaban J connectivity index is 0.000000194. The molecule has 0 heterocycles. The predicted octanol–water partition coefficient (Wildman–Crippen LogP) is 9.87. The van der Waals surface area contributed by atoms with Crippen molar-refractivity contribution in [1.82, 2.24) is 0 Å². The fourth-order valence-corrected chi connectivity index (χ4v) is 5.48. The van der Waals surface area contributed by atoms with Gasteiger partial charge in [-0.2, -0.15) is 0 Å². The fraction of sp³-hybridized carbons (Fsp3) is 0.184. The van der Waals surface area contributed by atoms with Crippen LogP contribution in [0.4, 0.5) is 0 Å². The first-order chi connectivity index (χ1) is 19.1. The molecule has 1 aliphatic rings. The second kappa shape index (κ2) is 11.8. The Morgan fingerprint density at radius 1 is 0.750 bits per heavy atom. The molecule has 0 amide bonds. The fourth-order valence-electron chi connectivity index (χ4n) is 5.48. The van der Waals surface area contributed by atoms with Gasteiger partial charge in [0.05, 0.1) is 7.11 Å². The SMILES string of the molecule is C=C/C=C1\C(=C)C(C)(C)c2cc(C)c(-c3ccccc3C)cc21.COc1ccccc1-c1ccc(C)cc1C=O. The molecule has 202 valence electrons. The van der Waals surface area contributed by atoms with Crippen LogP contribution in [0.5, 0.6) is 5.75 Å². The van der Waals surface area contributed by atoms with Gasteiger partial charge in [0.15, 0.2) is 6.29 Å². The summed E-state index contributed by atoms with van der Waals surface area (Å²) < 4.78 is 5.31. The summed E-state index contributed by atoms with van der Waals surface area (Å²) in [5.41, 5.74) is 13.9. The van der Waals surface area contributed by atoms with E-state index in [1.54, 1.807) is 7.11 Å². The second-order valence-electron chi connectivity index (χ2n) is 10.9. The van der Waals surface area contributed by atoms with Gasteiger partial charge < -0.3 is 4.74 Å². The number of para-hydroxylation sites is 1. The van der Waals surface area contributed by atoms with E-state index < -0.39 is 0 Å². The number of rotatable bonds is 5. The summed E-state index contributed by atoms with van der Waals surface area (Å²) in [6.45, 7) is 19.1. The van der Waals surface area contributed by atoms with Gasteiger partial charge >= 0.3 is 0 Å². The standard InChI is InChI=1S/C23H24.C15H14O2/c1-7-10-19-17(4)23(5,6)22-13-16(3)20(14-21(19)22)18-12-9-8-11-15(18)2;1-11-7-8-13(12(9-11)10-16)14-5-3-4-6-15(14)17-2/h7-14H,1,4H2,2-3,5-6H3;3-10H,1-2H3/b19-10+;. The molecule has 0 N–H and O–H groups in total. The van der Waals surface area contributed by atoms with E-state index in [0.29, 0.717) is 5.56 Å². The zero-order chi connectivity index (χ0) is 29.0. The molecule has 4 aromatic rings. The lowest BCUT2D eigenvalue weighted by molar-refractivity contribution is 0.112. The average Bonchev–Trinajstić information content (AvgIpc) is 3.13. The number of hydrogen-bond donors (Lipinski definition) is 0. The molecule has 0 saturated carbocycles. The minimum absolute atomic E-state index is 0.0286. The Morgan fingerprint density at radius 2 is 1.43 bits per heavy atom. The number of ether oxygens (including phenoxy) is 1. The summed E-state index contributed by atoms with van der Waals surface area (Å²) in [7, 11) is 1.63. The highest BCUT2D eigenvalue weighted by Gasteiger charge is 2.37. The van der Waals surface area contributed by atoms with Crippen LogP contribution in [0.15, 0.2) is 110 Å². The summed E-state index contributed by atoms with van der Waals surface area (Å²) >= 11 is 0. The van der Waals surface area contributed by atoms with Gasteiger partial charge in [0.25, 0.3) is 0 Å². The van der Waals surface area contributed by atoms with Crippen LogP contribution in [0.25, 0.3) is 27.8 Å². The summed E-state index contributed by atoms with van der Waals surface area (Å²) in [4.78, 5) is 11.1. The lowest BCUT2D eigenvalue weighted by Gasteiger charge is -2.22. The monoisotopic (exact) mass is 526 g/mol. The van der Waals surface area contributed by atoms with Gasteiger partial charge in [-0.25, -0.2) is 0 Å². The van der Waals surface area contributed by atoms with Gasteiger partial charge in [0.2, 0.25) is 0 Å². The van der Waals surface area contributed by atoms with Crippen LogP contribution >= 0.6 is 0 Å². The molecule has 5 rings (SSSR count). The largest absolute Gasteiger partial charge is 0.496 e. The Kier molecular flexibility index (Phi) is 8.40. The van der Waals surface area contributed by atoms with E-state index >= 15 is 0 Å². The molecule has 1 aliphatic carbocycles. The lowest BCUT2D eigenvalue weighted by atomic mass is 9.82. The quantitative estimate of drug-likeness (QED) is 0.242. The maximum atomic E-state index is 11.1. The number of carbonyl (C=O) groups excluding carboxylic acids is 1. The topological polar surface area (TPSA) is 26.3 Å². The third kappa shape index (κ3) is 5.35. The molecule has 0 saturated heterocycles. The van der Waals surface area contributed by atoms with Crippen LogP contribution in [0, 0.1) is 20.8 Å². The smallest absolute Gasteiger partial charge is 0.150 e. The number of hydrogen-bond acceptors (Lipinski definition) is 2. The summed E-state index contributed by atoms with van der Waals surface area (Å²) in [6, 6.07) is 26.8. The van der Waals surface area contributed by atoms with Crippen LogP contribution in [-0.4, -0.2) is 13.4 Å². The number of carbonyl (C=O) groups is 1. The molecule has 0 fully saturated rings. The molecule has 0 radical (unpaired) electrons. The van der Waals surface area contributed by atoms with E-state index in [1.807, 2.05) is 55.5 Å². The van der Waals surface area contributed by atoms with E-state index in [2.05, 4.69) is 83.3 Å². The molecule has 40 heavy (non-hydrogen) atoms. The number of methoxy groups -OCH3 is 1. The van der Waals surface area contributed by atoms with Crippen molar-refractivity contribution in [3.63, 3.8) is 0 Å². The molecular formula is C38H38O2. The molecule has 2 heteroatoms. The normalized spacial score (nSPS) is 14.2. The molecular weight excluding hydrogens is 488 g/mol. The van der Waals surface area contributed by atoms with Crippen LogP contribution < -0.4 is 4.74 Å². The highest BCUT2D eigenvalue weighted by atomic mass is 16.5. The van der Waals surface area contributed by atoms with Crippen LogP contribution in [-0.2, 0) is 5.41 Å². The average molecular weight is 527 g/mol.